The van der Waals surface area contributed by atoms with Gasteiger partial charge in [0, 0.05) is 12.5 Å². The number of nitrogens with one attached hydrogen (secondary N) is 1. The van der Waals surface area contributed by atoms with Crippen LogP contribution in [0.5, 0.6) is 0 Å². The zero-order chi connectivity index (χ0) is 19.6. The van der Waals surface area contributed by atoms with Gasteiger partial charge >= 0.3 is 0 Å². The summed E-state index contributed by atoms with van der Waals surface area (Å²) >= 11 is 3.81. The third kappa shape index (κ3) is 4.66. The lowest BCUT2D eigenvalue weighted by atomic mass is 10.3. The summed E-state index contributed by atoms with van der Waals surface area (Å²) in [5, 5.41) is 13.2. The highest BCUT2D eigenvalue weighted by Gasteiger charge is 2.35. The molecule has 0 radical (unpaired) electrons. The molecule has 2 aromatic heterocycles. The van der Waals surface area contributed by atoms with Gasteiger partial charge in [-0.05, 0) is 31.2 Å². The van der Waals surface area contributed by atoms with E-state index in [0.29, 0.717) is 26.5 Å². The smallest absolute Gasteiger partial charge is 0.251 e. The minimum Gasteiger partial charge on any atom is -0.366 e. The maximum Gasteiger partial charge on any atom is 0.251 e. The molecule has 1 aliphatic rings. The maximum atomic E-state index is 12.4. The summed E-state index contributed by atoms with van der Waals surface area (Å²) in [6, 6.07) is 1.80. The van der Waals surface area contributed by atoms with E-state index < -0.39 is 11.2 Å². The highest BCUT2D eigenvalue weighted by molar-refractivity contribution is 8.02. The molecule has 1 atom stereocenters. The van der Waals surface area contributed by atoms with Crippen LogP contribution in [0.15, 0.2) is 15.8 Å². The van der Waals surface area contributed by atoms with Gasteiger partial charge in [-0.1, -0.05) is 30.0 Å². The minimum absolute atomic E-state index is 0.0349. The summed E-state index contributed by atoms with van der Waals surface area (Å²) in [6.07, 6.45) is 2.38. The Bertz CT molecular complexity index is 861. The second kappa shape index (κ2) is 8.36. The van der Waals surface area contributed by atoms with E-state index in [4.69, 9.17) is 5.73 Å². The van der Waals surface area contributed by atoms with Crippen LogP contribution in [0, 0.1) is 0 Å². The fraction of sp³-hybridized carbons (Fsp3) is 0.438. The Hall–Kier alpha value is -1.98. The highest BCUT2D eigenvalue weighted by Crippen LogP contribution is 2.37. The van der Waals surface area contributed by atoms with Crippen LogP contribution in [0.4, 0.5) is 10.1 Å². The van der Waals surface area contributed by atoms with Gasteiger partial charge in [0.05, 0.1) is 10.8 Å². The Morgan fingerprint density at radius 1 is 1.41 bits per heavy atom. The van der Waals surface area contributed by atoms with Crippen molar-refractivity contribution in [2.45, 2.75) is 48.7 Å². The zero-order valence-electron chi connectivity index (χ0n) is 14.8. The second-order valence-electron chi connectivity index (χ2n) is 5.98. The normalized spacial score (nSPS) is 14.6. The molecule has 3 rings (SSSR count). The number of aromatic nitrogens is 2. The first-order chi connectivity index (χ1) is 12.9. The molecule has 0 aliphatic heterocycles. The Labute approximate surface area is 168 Å². The number of carbonyl (C=O) groups is 3. The number of thioether (sulfide) groups is 1. The molecule has 1 fully saturated rings. The van der Waals surface area contributed by atoms with E-state index in [9.17, 15) is 14.4 Å². The lowest BCUT2D eigenvalue weighted by Gasteiger charge is -2.17. The monoisotopic (exact) mass is 425 g/mol. The van der Waals surface area contributed by atoms with Gasteiger partial charge < -0.3 is 11.1 Å². The highest BCUT2D eigenvalue weighted by atomic mass is 32.2. The molecule has 11 heteroatoms. The molecule has 3 N–H and O–H groups in total. The number of amides is 3. The molecule has 27 heavy (non-hydrogen) atoms. The number of thiophene rings is 1. The van der Waals surface area contributed by atoms with E-state index in [0.717, 1.165) is 12.8 Å². The summed E-state index contributed by atoms with van der Waals surface area (Å²) in [5.74, 6) is -0.806. The average Bonchev–Trinajstić information content (AvgIpc) is 3.16. The van der Waals surface area contributed by atoms with Crippen molar-refractivity contribution in [3.8, 4) is 0 Å². The van der Waals surface area contributed by atoms with Crippen molar-refractivity contribution in [2.24, 2.45) is 5.73 Å². The van der Waals surface area contributed by atoms with Crippen molar-refractivity contribution in [3.63, 3.8) is 0 Å². The van der Waals surface area contributed by atoms with Crippen LogP contribution in [0.25, 0.3) is 0 Å². The molecule has 2 heterocycles. The number of anilines is 2. The summed E-state index contributed by atoms with van der Waals surface area (Å²) in [5.41, 5.74) is 5.59. The largest absolute Gasteiger partial charge is 0.366 e. The van der Waals surface area contributed by atoms with E-state index >= 15 is 0 Å². The topological polar surface area (TPSA) is 118 Å². The van der Waals surface area contributed by atoms with Crippen molar-refractivity contribution < 1.29 is 14.4 Å². The number of primary amides is 1. The first-order valence-corrected chi connectivity index (χ1v) is 11.0. The molecular formula is C16H19N5O3S3. The number of nitrogens with zero attached hydrogens (tertiary/aromatic N) is 3. The van der Waals surface area contributed by atoms with Crippen molar-refractivity contribution in [1.29, 1.82) is 0 Å². The molecular weight excluding hydrogens is 406 g/mol. The fourth-order valence-electron chi connectivity index (χ4n) is 2.34. The molecule has 144 valence electrons. The molecule has 0 spiro atoms. The van der Waals surface area contributed by atoms with Gasteiger partial charge in [-0.15, -0.1) is 21.5 Å². The van der Waals surface area contributed by atoms with Crippen molar-refractivity contribution in [1.82, 2.24) is 10.2 Å². The Morgan fingerprint density at radius 3 is 2.78 bits per heavy atom. The van der Waals surface area contributed by atoms with Gasteiger partial charge in [0.15, 0.2) is 4.34 Å². The Morgan fingerprint density at radius 2 is 2.15 bits per heavy atom. The Kier molecular flexibility index (Phi) is 6.12. The summed E-state index contributed by atoms with van der Waals surface area (Å²) in [4.78, 5) is 37.6. The number of rotatable bonds is 8. The van der Waals surface area contributed by atoms with Gasteiger partial charge in [0.1, 0.15) is 5.00 Å². The van der Waals surface area contributed by atoms with Gasteiger partial charge in [0.2, 0.25) is 16.9 Å². The number of nitrogens with two attached hydrogens (primary N) is 1. The summed E-state index contributed by atoms with van der Waals surface area (Å²) < 4.78 is 0.614. The van der Waals surface area contributed by atoms with Crippen LogP contribution in [-0.2, 0) is 9.59 Å². The standard InChI is InChI=1S/C16H19N5O3S3/c1-3-11(22)21(9-4-5-9)15-19-20-16(27-15)26-8(2)13(24)18-14-10(12(17)23)6-7-25-14/h6-9H,3-5H2,1-2H3,(H2,17,23)(H,18,24)/t8-/m1/s1. The van der Waals surface area contributed by atoms with Gasteiger partial charge in [0.25, 0.3) is 5.91 Å². The predicted molar refractivity (Wildman–Crippen MR) is 107 cm³/mol. The van der Waals surface area contributed by atoms with Crippen LogP contribution in [0.1, 0.15) is 43.5 Å². The average molecular weight is 426 g/mol. The number of hydrogen-bond acceptors (Lipinski definition) is 8. The van der Waals surface area contributed by atoms with Gasteiger partial charge in [-0.2, -0.15) is 0 Å². The molecule has 0 aromatic carbocycles. The molecule has 3 amide bonds. The fourth-order valence-corrected chi connectivity index (χ4v) is 5.20. The third-order valence-electron chi connectivity index (χ3n) is 3.90. The quantitative estimate of drug-likeness (QED) is 0.496. The first kappa shape index (κ1) is 19.8. The van der Waals surface area contributed by atoms with Crippen molar-refractivity contribution in [3.05, 3.63) is 17.0 Å². The molecule has 1 saturated carbocycles. The zero-order valence-corrected chi connectivity index (χ0v) is 17.2. The van der Waals surface area contributed by atoms with E-state index in [1.165, 1.54) is 34.4 Å². The molecule has 0 saturated heterocycles. The maximum absolute atomic E-state index is 12.4. The SMILES string of the molecule is CCC(=O)N(c1nnc(S[C@H](C)C(=O)Nc2sccc2C(N)=O)s1)C1CC1. The summed E-state index contributed by atoms with van der Waals surface area (Å²) in [6.45, 7) is 3.57. The van der Waals surface area contributed by atoms with Crippen LogP contribution in [-0.4, -0.2) is 39.2 Å². The van der Waals surface area contributed by atoms with Crippen LogP contribution >= 0.6 is 34.4 Å². The lowest BCUT2D eigenvalue weighted by molar-refractivity contribution is -0.118. The van der Waals surface area contributed by atoms with Gasteiger partial charge in [-0.3, -0.25) is 19.3 Å². The number of hydrogen-bond donors (Lipinski definition) is 2. The Balaban J connectivity index is 1.64. The predicted octanol–water partition coefficient (Wildman–Crippen LogP) is 2.72. The molecule has 2 aromatic rings. The van der Waals surface area contributed by atoms with E-state index in [2.05, 4.69) is 15.5 Å². The second-order valence-corrected chi connectivity index (χ2v) is 9.44. The van der Waals surface area contributed by atoms with Crippen molar-refractivity contribution in [2.75, 3.05) is 10.2 Å². The van der Waals surface area contributed by atoms with Crippen LogP contribution in [0.3, 0.4) is 0 Å². The molecule has 8 nitrogen and oxygen atoms in total. The molecule has 0 bridgehead atoms. The van der Waals surface area contributed by atoms with E-state index in [1.807, 2.05) is 6.92 Å². The molecule has 0 unspecified atom stereocenters. The van der Waals surface area contributed by atoms with Crippen LogP contribution < -0.4 is 16.0 Å². The third-order valence-corrected chi connectivity index (χ3v) is 6.84. The summed E-state index contributed by atoms with van der Waals surface area (Å²) in [7, 11) is 0. The number of carbonyl (C=O) groups excluding carboxylic acids is 3. The van der Waals surface area contributed by atoms with Gasteiger partial charge in [-0.25, -0.2) is 0 Å². The lowest BCUT2D eigenvalue weighted by Crippen LogP contribution is -2.32. The first-order valence-electron chi connectivity index (χ1n) is 8.41. The van der Waals surface area contributed by atoms with Crippen molar-refractivity contribution >= 4 is 62.3 Å². The van der Waals surface area contributed by atoms with Crippen LogP contribution in [0.2, 0.25) is 0 Å². The van der Waals surface area contributed by atoms with E-state index in [1.54, 1.807) is 23.3 Å². The molecule has 1 aliphatic carbocycles. The van der Waals surface area contributed by atoms with E-state index in [-0.39, 0.29) is 17.9 Å². The minimum atomic E-state index is -0.582.